The molecule has 1 aliphatic heterocycles. The zero-order chi connectivity index (χ0) is 28.7. The van der Waals surface area contributed by atoms with Crippen molar-refractivity contribution < 1.29 is 35.5 Å². The van der Waals surface area contributed by atoms with Crippen LogP contribution in [0.5, 0.6) is 5.75 Å². The summed E-state index contributed by atoms with van der Waals surface area (Å²) in [4.78, 5) is 10.6. The standard InChI is InChI=1S/C27H24F4N4O4S/c1-16-25(20-13-19(39-27(29,30)31)6-7-23(20)40(2,36)37)34-22-5-3-4-21(28)24(22)26(16)33-17-12-18(15-32-14-17)35-8-10-38-11-9-35/h3-7,12-15H,8-11H2,1-2H3,(H,33,34). The Morgan fingerprint density at radius 3 is 2.52 bits per heavy atom. The fourth-order valence-corrected chi connectivity index (χ4v) is 5.50. The molecule has 0 atom stereocenters. The molecule has 1 saturated heterocycles. The smallest absolute Gasteiger partial charge is 0.406 e. The maximum atomic E-state index is 15.2. The third kappa shape index (κ3) is 5.80. The van der Waals surface area contributed by atoms with Gasteiger partial charge in [-0.25, -0.2) is 17.8 Å². The lowest BCUT2D eigenvalue weighted by Crippen LogP contribution is -2.36. The van der Waals surface area contributed by atoms with E-state index in [4.69, 9.17) is 4.74 Å². The molecule has 0 bridgehead atoms. The highest BCUT2D eigenvalue weighted by atomic mass is 32.2. The third-order valence-corrected chi connectivity index (χ3v) is 7.57. The Morgan fingerprint density at radius 1 is 1.07 bits per heavy atom. The molecule has 1 fully saturated rings. The first-order chi connectivity index (χ1) is 18.9. The summed E-state index contributed by atoms with van der Waals surface area (Å²) in [5.41, 5.74) is 2.01. The predicted octanol–water partition coefficient (Wildman–Crippen LogP) is 5.63. The van der Waals surface area contributed by atoms with Crippen LogP contribution in [0.15, 0.2) is 59.8 Å². The maximum Gasteiger partial charge on any atom is 0.573 e. The first-order valence-electron chi connectivity index (χ1n) is 12.1. The van der Waals surface area contributed by atoms with Crippen molar-refractivity contribution in [3.63, 3.8) is 0 Å². The van der Waals surface area contributed by atoms with Crippen LogP contribution in [0.25, 0.3) is 22.2 Å². The van der Waals surface area contributed by atoms with Crippen molar-refractivity contribution in [2.45, 2.75) is 18.2 Å². The molecule has 0 amide bonds. The molecule has 3 heterocycles. The van der Waals surface area contributed by atoms with Gasteiger partial charge in [-0.3, -0.25) is 4.98 Å². The third-order valence-electron chi connectivity index (χ3n) is 6.41. The molecule has 0 unspecified atom stereocenters. The van der Waals surface area contributed by atoms with Gasteiger partial charge in [0, 0.05) is 24.9 Å². The number of hydrogen-bond acceptors (Lipinski definition) is 8. The second-order valence-corrected chi connectivity index (χ2v) is 11.2. The van der Waals surface area contributed by atoms with Crippen molar-refractivity contribution >= 4 is 37.8 Å². The minimum Gasteiger partial charge on any atom is -0.406 e. The summed E-state index contributed by atoms with van der Waals surface area (Å²) in [6.45, 7) is 4.07. The highest BCUT2D eigenvalue weighted by Gasteiger charge is 2.32. The number of hydrogen-bond donors (Lipinski definition) is 1. The fourth-order valence-electron chi connectivity index (χ4n) is 4.63. The predicted molar refractivity (Wildman–Crippen MR) is 142 cm³/mol. The molecule has 13 heteroatoms. The molecular weight excluding hydrogens is 552 g/mol. The zero-order valence-corrected chi connectivity index (χ0v) is 22.2. The van der Waals surface area contributed by atoms with Gasteiger partial charge in [0.25, 0.3) is 0 Å². The van der Waals surface area contributed by atoms with Crippen LogP contribution in [0.4, 0.5) is 34.6 Å². The molecule has 0 spiro atoms. The number of nitrogens with one attached hydrogen (secondary N) is 1. The summed E-state index contributed by atoms with van der Waals surface area (Å²) < 4.78 is 88.9. The molecule has 4 aromatic rings. The SMILES string of the molecule is Cc1c(-c2cc(OC(F)(F)F)ccc2S(C)(=O)=O)nc2cccc(F)c2c1Nc1cncc(N2CCOCC2)c1. The van der Waals surface area contributed by atoms with Crippen molar-refractivity contribution in [3.05, 3.63) is 66.2 Å². The first kappa shape index (κ1) is 27.6. The largest absolute Gasteiger partial charge is 0.573 e. The second kappa shape index (κ2) is 10.5. The van der Waals surface area contributed by atoms with E-state index in [2.05, 4.69) is 24.9 Å². The summed E-state index contributed by atoms with van der Waals surface area (Å²) >= 11 is 0. The van der Waals surface area contributed by atoms with Crippen LogP contribution in [0.3, 0.4) is 0 Å². The topological polar surface area (TPSA) is 93.7 Å². The van der Waals surface area contributed by atoms with E-state index in [1.807, 2.05) is 6.07 Å². The Balaban J connectivity index is 1.69. The van der Waals surface area contributed by atoms with E-state index in [0.29, 0.717) is 37.6 Å². The van der Waals surface area contributed by atoms with Crippen LogP contribution in [0.2, 0.25) is 0 Å². The van der Waals surface area contributed by atoms with E-state index in [-0.39, 0.29) is 32.7 Å². The van der Waals surface area contributed by atoms with Gasteiger partial charge in [0.2, 0.25) is 0 Å². The van der Waals surface area contributed by atoms with E-state index in [9.17, 15) is 21.6 Å². The molecule has 2 aromatic heterocycles. The second-order valence-electron chi connectivity index (χ2n) is 9.23. The summed E-state index contributed by atoms with van der Waals surface area (Å²) in [6.07, 6.45) is -0.807. The molecule has 8 nitrogen and oxygen atoms in total. The van der Waals surface area contributed by atoms with E-state index in [1.54, 1.807) is 19.3 Å². The van der Waals surface area contributed by atoms with Gasteiger partial charge in [0.15, 0.2) is 9.84 Å². The Morgan fingerprint density at radius 2 is 1.82 bits per heavy atom. The number of sulfone groups is 1. The van der Waals surface area contributed by atoms with Crippen LogP contribution < -0.4 is 15.0 Å². The van der Waals surface area contributed by atoms with Crippen molar-refractivity contribution in [1.29, 1.82) is 0 Å². The molecule has 0 aliphatic carbocycles. The number of ether oxygens (including phenoxy) is 2. The summed E-state index contributed by atoms with van der Waals surface area (Å²) in [6, 6.07) is 8.99. The number of halogens is 4. The molecule has 0 radical (unpaired) electrons. The number of benzene rings is 2. The lowest BCUT2D eigenvalue weighted by atomic mass is 10.0. The van der Waals surface area contributed by atoms with Crippen molar-refractivity contribution in [1.82, 2.24) is 9.97 Å². The monoisotopic (exact) mass is 576 g/mol. The van der Waals surface area contributed by atoms with E-state index in [1.165, 1.54) is 18.2 Å². The molecule has 1 aliphatic rings. The quantitative estimate of drug-likeness (QED) is 0.296. The molecule has 5 rings (SSSR count). The normalized spacial score (nSPS) is 14.4. The van der Waals surface area contributed by atoms with Gasteiger partial charge in [-0.05, 0) is 48.9 Å². The summed E-state index contributed by atoms with van der Waals surface area (Å²) in [7, 11) is -3.91. The summed E-state index contributed by atoms with van der Waals surface area (Å²) in [5, 5.41) is 3.32. The minimum absolute atomic E-state index is 0.0472. The molecule has 0 saturated carbocycles. The van der Waals surface area contributed by atoms with E-state index >= 15 is 4.39 Å². The molecule has 2 aromatic carbocycles. The number of rotatable bonds is 6. The van der Waals surface area contributed by atoms with E-state index < -0.39 is 27.8 Å². The number of morpholine rings is 1. The highest BCUT2D eigenvalue weighted by Crippen LogP contribution is 2.40. The number of pyridine rings is 2. The minimum atomic E-state index is -5.00. The lowest BCUT2D eigenvalue weighted by molar-refractivity contribution is -0.274. The number of aromatic nitrogens is 2. The van der Waals surface area contributed by atoms with Gasteiger partial charge in [-0.1, -0.05) is 6.07 Å². The number of anilines is 3. The number of nitrogens with zero attached hydrogens (tertiary/aromatic N) is 3. The molecule has 1 N–H and O–H groups in total. The van der Waals surface area contributed by atoms with Crippen molar-refractivity contribution in [2.75, 3.05) is 42.8 Å². The summed E-state index contributed by atoms with van der Waals surface area (Å²) in [5.74, 6) is -1.20. The number of fused-ring (bicyclic) bond motifs is 1. The fraction of sp³-hybridized carbons (Fsp3) is 0.259. The maximum absolute atomic E-state index is 15.2. The van der Waals surface area contributed by atoms with Crippen molar-refractivity contribution in [2.24, 2.45) is 0 Å². The van der Waals surface area contributed by atoms with Gasteiger partial charge in [-0.2, -0.15) is 0 Å². The van der Waals surface area contributed by atoms with Crippen LogP contribution in [-0.4, -0.2) is 57.3 Å². The molecular formula is C27H24F4N4O4S. The van der Waals surface area contributed by atoms with Gasteiger partial charge in [-0.15, -0.1) is 13.2 Å². The average Bonchev–Trinajstić information content (AvgIpc) is 2.89. The van der Waals surface area contributed by atoms with Gasteiger partial charge in [0.05, 0.1) is 64.2 Å². The zero-order valence-electron chi connectivity index (χ0n) is 21.4. The van der Waals surface area contributed by atoms with Crippen LogP contribution in [0.1, 0.15) is 5.56 Å². The van der Waals surface area contributed by atoms with Crippen molar-refractivity contribution in [3.8, 4) is 17.0 Å². The van der Waals surface area contributed by atoms with Gasteiger partial charge in [0.1, 0.15) is 11.6 Å². The van der Waals surface area contributed by atoms with Gasteiger partial charge >= 0.3 is 6.36 Å². The van der Waals surface area contributed by atoms with Gasteiger partial charge < -0.3 is 19.7 Å². The van der Waals surface area contributed by atoms with Crippen LogP contribution in [0, 0.1) is 12.7 Å². The van der Waals surface area contributed by atoms with Crippen LogP contribution in [-0.2, 0) is 14.6 Å². The Bertz CT molecular complexity index is 1690. The highest BCUT2D eigenvalue weighted by molar-refractivity contribution is 7.90. The Hall–Kier alpha value is -3.97. The Labute approximate surface area is 227 Å². The molecule has 210 valence electrons. The lowest BCUT2D eigenvalue weighted by Gasteiger charge is -2.28. The van der Waals surface area contributed by atoms with Crippen LogP contribution >= 0.6 is 0 Å². The van der Waals surface area contributed by atoms with E-state index in [0.717, 1.165) is 30.1 Å². The molecule has 40 heavy (non-hydrogen) atoms. The first-order valence-corrected chi connectivity index (χ1v) is 14.0. The average molecular weight is 577 g/mol. The Kier molecular flexibility index (Phi) is 7.27. The number of alkyl halides is 3.